The number of halogens is 1. The molecule has 1 aliphatic rings. The third kappa shape index (κ3) is 9.92. The van der Waals surface area contributed by atoms with E-state index in [9.17, 15) is 18.0 Å². The minimum Gasteiger partial charge on any atom is -0.494 e. The Bertz CT molecular complexity index is 1800. The number of nitrogens with zero attached hydrogens (tertiary/aromatic N) is 2. The number of anilines is 1. The van der Waals surface area contributed by atoms with Crippen molar-refractivity contribution in [3.63, 3.8) is 0 Å². The van der Waals surface area contributed by atoms with E-state index < -0.39 is 28.5 Å². The molecule has 11 heteroatoms. The van der Waals surface area contributed by atoms with Crippen LogP contribution in [0.2, 0.25) is 0 Å². The van der Waals surface area contributed by atoms with Crippen LogP contribution in [0, 0.1) is 0 Å². The summed E-state index contributed by atoms with van der Waals surface area (Å²) in [6.45, 7) is 1.93. The predicted molar refractivity (Wildman–Crippen MR) is 204 cm³/mol. The van der Waals surface area contributed by atoms with Gasteiger partial charge in [-0.3, -0.25) is 13.9 Å². The zero-order valence-electron chi connectivity index (χ0n) is 28.5. The van der Waals surface area contributed by atoms with Gasteiger partial charge >= 0.3 is 0 Å². The van der Waals surface area contributed by atoms with Crippen LogP contribution >= 0.6 is 27.7 Å². The Morgan fingerprint density at radius 3 is 2.16 bits per heavy atom. The Kier molecular flexibility index (Phi) is 13.4. The Balaban J connectivity index is 1.56. The minimum absolute atomic E-state index is 0.0316. The first kappa shape index (κ1) is 37.5. The number of hydrogen-bond donors (Lipinski definition) is 1. The molecule has 1 fully saturated rings. The van der Waals surface area contributed by atoms with E-state index in [4.69, 9.17) is 4.74 Å². The molecule has 0 radical (unpaired) electrons. The van der Waals surface area contributed by atoms with Gasteiger partial charge in [0.2, 0.25) is 11.8 Å². The van der Waals surface area contributed by atoms with Crippen molar-refractivity contribution in [3.05, 3.63) is 119 Å². The largest absolute Gasteiger partial charge is 0.494 e. The lowest BCUT2D eigenvalue weighted by Crippen LogP contribution is -2.55. The Labute approximate surface area is 308 Å². The van der Waals surface area contributed by atoms with Gasteiger partial charge in [-0.05, 0) is 97.8 Å². The van der Waals surface area contributed by atoms with Gasteiger partial charge in [-0.1, -0.05) is 77.7 Å². The van der Waals surface area contributed by atoms with Gasteiger partial charge in [0.1, 0.15) is 18.3 Å². The average Bonchev–Trinajstić information content (AvgIpc) is 3.14. The molecule has 0 saturated heterocycles. The highest BCUT2D eigenvalue weighted by Gasteiger charge is 2.35. The van der Waals surface area contributed by atoms with Crippen LogP contribution < -0.4 is 14.4 Å². The molecule has 8 nitrogen and oxygen atoms in total. The highest BCUT2D eigenvalue weighted by atomic mass is 79.9. The van der Waals surface area contributed by atoms with Gasteiger partial charge in [0.25, 0.3) is 10.0 Å². The molecule has 4 aromatic rings. The second kappa shape index (κ2) is 17.9. The Hall–Kier alpha value is -3.80. The van der Waals surface area contributed by atoms with Gasteiger partial charge in [0.15, 0.2) is 0 Å². The van der Waals surface area contributed by atoms with Crippen LogP contribution in [0.1, 0.15) is 50.2 Å². The van der Waals surface area contributed by atoms with Gasteiger partial charge in [-0.2, -0.15) is 0 Å². The molecule has 1 saturated carbocycles. The van der Waals surface area contributed by atoms with Crippen LogP contribution in [0.4, 0.5) is 5.69 Å². The number of amides is 2. The highest BCUT2D eigenvalue weighted by Crippen LogP contribution is 2.28. The van der Waals surface area contributed by atoms with E-state index in [0.29, 0.717) is 18.0 Å². The summed E-state index contributed by atoms with van der Waals surface area (Å²) in [4.78, 5) is 31.6. The highest BCUT2D eigenvalue weighted by molar-refractivity contribution is 9.10. The molecule has 0 aromatic heterocycles. The third-order valence-electron chi connectivity index (χ3n) is 8.85. The van der Waals surface area contributed by atoms with Crippen molar-refractivity contribution in [2.75, 3.05) is 23.7 Å². The lowest BCUT2D eigenvalue weighted by Gasteiger charge is -2.35. The van der Waals surface area contributed by atoms with Crippen molar-refractivity contribution in [3.8, 4) is 5.75 Å². The second-order valence-electron chi connectivity index (χ2n) is 12.3. The number of ether oxygens (including phenoxy) is 1. The summed E-state index contributed by atoms with van der Waals surface area (Å²) in [6.07, 6.45) is 7.21. The first-order valence-electron chi connectivity index (χ1n) is 17.0. The minimum atomic E-state index is -4.21. The number of sulfonamides is 1. The Morgan fingerprint density at radius 2 is 1.54 bits per heavy atom. The zero-order valence-corrected chi connectivity index (χ0v) is 31.7. The molecule has 1 atom stereocenters. The van der Waals surface area contributed by atoms with Crippen molar-refractivity contribution in [1.29, 1.82) is 0 Å². The standard InChI is InChI=1S/C39H44BrN3O5S2/c1-3-48-34-20-18-33(19-21-34)43(50(46,47)36-24-22-35(49-2)23-25-36)28-38(44)42(27-30-14-16-31(40)17-15-30)37(26-29-10-6-4-7-11-29)39(45)41-32-12-8-5-9-13-32/h4,6-7,10-11,14-25,32,37H,3,5,8-9,12-13,26-28H2,1-2H3,(H,41,45)/t37-/m1/s1. The van der Waals surface area contributed by atoms with Gasteiger partial charge in [0, 0.05) is 28.4 Å². The summed E-state index contributed by atoms with van der Waals surface area (Å²) in [5.74, 6) is -0.149. The summed E-state index contributed by atoms with van der Waals surface area (Å²) < 4.78 is 36.4. The molecule has 264 valence electrons. The monoisotopic (exact) mass is 777 g/mol. The molecule has 50 heavy (non-hydrogen) atoms. The van der Waals surface area contributed by atoms with Crippen LogP contribution in [-0.4, -0.2) is 56.6 Å². The summed E-state index contributed by atoms with van der Waals surface area (Å²) in [6, 6.07) is 29.6. The van der Waals surface area contributed by atoms with Gasteiger partial charge in [0.05, 0.1) is 17.2 Å². The molecule has 0 unspecified atom stereocenters. The van der Waals surface area contributed by atoms with Crippen LogP contribution in [0.15, 0.2) is 117 Å². The van der Waals surface area contributed by atoms with Crippen molar-refractivity contribution in [2.24, 2.45) is 0 Å². The SMILES string of the molecule is CCOc1ccc(N(CC(=O)N(Cc2ccc(Br)cc2)[C@H](Cc2ccccc2)C(=O)NC2CCCCC2)S(=O)(=O)c2ccc(SC)cc2)cc1. The van der Waals surface area contributed by atoms with Gasteiger partial charge < -0.3 is 15.0 Å². The van der Waals surface area contributed by atoms with Crippen LogP contribution in [0.25, 0.3) is 0 Å². The maximum absolute atomic E-state index is 14.8. The molecule has 5 rings (SSSR count). The smallest absolute Gasteiger partial charge is 0.264 e. The normalized spacial score (nSPS) is 14.1. The molecule has 1 N–H and O–H groups in total. The van der Waals surface area contributed by atoms with E-state index in [1.807, 2.05) is 67.8 Å². The van der Waals surface area contributed by atoms with Crippen molar-refractivity contribution in [1.82, 2.24) is 10.2 Å². The summed E-state index contributed by atoms with van der Waals surface area (Å²) in [7, 11) is -4.21. The molecular formula is C39H44BrN3O5S2. The maximum atomic E-state index is 14.8. The fourth-order valence-corrected chi connectivity index (χ4v) is 8.25. The molecule has 2 amide bonds. The summed E-state index contributed by atoms with van der Waals surface area (Å²) in [5.41, 5.74) is 2.02. The molecule has 0 aliphatic heterocycles. The van der Waals surface area contributed by atoms with Crippen molar-refractivity contribution in [2.45, 2.75) is 73.9 Å². The zero-order chi connectivity index (χ0) is 35.5. The number of carbonyl (C=O) groups is 2. The van der Waals surface area contributed by atoms with Crippen molar-refractivity contribution < 1.29 is 22.7 Å². The second-order valence-corrected chi connectivity index (χ2v) is 16.0. The van der Waals surface area contributed by atoms with Crippen LogP contribution in [-0.2, 0) is 32.6 Å². The number of benzene rings is 4. The first-order valence-corrected chi connectivity index (χ1v) is 20.4. The van der Waals surface area contributed by atoms with E-state index in [-0.39, 0.29) is 29.8 Å². The van der Waals surface area contributed by atoms with Gasteiger partial charge in [-0.15, -0.1) is 11.8 Å². The fourth-order valence-electron chi connectivity index (χ4n) is 6.16. The molecule has 0 bridgehead atoms. The van der Waals surface area contributed by atoms with Crippen molar-refractivity contribution >= 4 is 55.2 Å². The summed E-state index contributed by atoms with van der Waals surface area (Å²) >= 11 is 5.00. The third-order valence-corrected chi connectivity index (χ3v) is 11.9. The van der Waals surface area contributed by atoms with Crippen LogP contribution in [0.3, 0.4) is 0 Å². The predicted octanol–water partition coefficient (Wildman–Crippen LogP) is 7.85. The molecule has 0 spiro atoms. The topological polar surface area (TPSA) is 96.0 Å². The number of rotatable bonds is 15. The van der Waals surface area contributed by atoms with E-state index in [1.165, 1.54) is 11.8 Å². The average molecular weight is 779 g/mol. The lowest BCUT2D eigenvalue weighted by atomic mass is 9.94. The molecule has 0 heterocycles. The van der Waals surface area contributed by atoms with Gasteiger partial charge in [-0.25, -0.2) is 8.42 Å². The first-order chi connectivity index (χ1) is 24.2. The number of hydrogen-bond acceptors (Lipinski definition) is 6. The summed E-state index contributed by atoms with van der Waals surface area (Å²) in [5, 5.41) is 3.25. The maximum Gasteiger partial charge on any atom is 0.264 e. The lowest BCUT2D eigenvalue weighted by molar-refractivity contribution is -0.140. The van der Waals surface area contributed by atoms with E-state index >= 15 is 0 Å². The number of carbonyl (C=O) groups excluding carboxylic acids is 2. The van der Waals surface area contributed by atoms with E-state index in [2.05, 4.69) is 21.2 Å². The molecular weight excluding hydrogens is 734 g/mol. The molecule has 4 aromatic carbocycles. The quantitative estimate of drug-likeness (QED) is 0.124. The van der Waals surface area contributed by atoms with E-state index in [1.54, 1.807) is 53.4 Å². The van der Waals surface area contributed by atoms with Crippen LogP contribution in [0.5, 0.6) is 5.75 Å². The number of nitrogens with one attached hydrogen (secondary N) is 1. The Morgan fingerprint density at radius 1 is 0.880 bits per heavy atom. The van der Waals surface area contributed by atoms with E-state index in [0.717, 1.165) is 56.9 Å². The molecule has 1 aliphatic carbocycles. The number of thioether (sulfide) groups is 1. The fraction of sp³-hybridized carbons (Fsp3) is 0.333.